The first kappa shape index (κ1) is 16.8. The zero-order valence-electron chi connectivity index (χ0n) is 14.3. The topological polar surface area (TPSA) is 87.7 Å². The summed E-state index contributed by atoms with van der Waals surface area (Å²) in [6.07, 6.45) is 2.91. The molecule has 6 nitrogen and oxygen atoms in total. The molecule has 26 heavy (non-hydrogen) atoms. The number of benzene rings is 1. The molecule has 1 aliphatic heterocycles. The van der Waals surface area contributed by atoms with Gasteiger partial charge in [0.2, 0.25) is 5.91 Å². The molecule has 0 saturated carbocycles. The number of aromatic amines is 1. The Kier molecular flexibility index (Phi) is 4.46. The van der Waals surface area contributed by atoms with Gasteiger partial charge < -0.3 is 10.3 Å². The largest absolute Gasteiger partial charge is 0.310 e. The average molecular weight is 366 g/mol. The van der Waals surface area contributed by atoms with Crippen LogP contribution in [0.25, 0.3) is 10.9 Å². The van der Waals surface area contributed by atoms with Gasteiger partial charge in [-0.25, -0.2) is 4.98 Å². The zero-order chi connectivity index (χ0) is 18.1. The van der Waals surface area contributed by atoms with Gasteiger partial charge in [0.1, 0.15) is 5.82 Å². The highest BCUT2D eigenvalue weighted by molar-refractivity contribution is 7.99. The lowest BCUT2D eigenvalue weighted by molar-refractivity contribution is -0.116. The summed E-state index contributed by atoms with van der Waals surface area (Å²) in [7, 11) is 0. The second-order valence-corrected chi connectivity index (χ2v) is 7.29. The fourth-order valence-corrected chi connectivity index (χ4v) is 4.02. The van der Waals surface area contributed by atoms with E-state index in [1.807, 2.05) is 30.3 Å². The van der Waals surface area contributed by atoms with Gasteiger partial charge in [0.15, 0.2) is 5.16 Å². The summed E-state index contributed by atoms with van der Waals surface area (Å²) < 4.78 is 0. The molecule has 2 N–H and O–H groups in total. The lowest BCUT2D eigenvalue weighted by Crippen LogP contribution is -2.31. The smallest absolute Gasteiger partial charge is 0.257 e. The van der Waals surface area contributed by atoms with Crippen LogP contribution in [0.4, 0.5) is 5.82 Å². The third-order valence-corrected chi connectivity index (χ3v) is 5.51. The number of nitrogens with zero attached hydrogens (tertiary/aromatic N) is 2. The number of nitrogens with one attached hydrogen (secondary N) is 2. The van der Waals surface area contributed by atoms with Crippen LogP contribution < -0.4 is 10.9 Å². The van der Waals surface area contributed by atoms with E-state index < -0.39 is 0 Å². The number of carbonyl (C=O) groups is 1. The number of thioether (sulfide) groups is 1. The minimum Gasteiger partial charge on any atom is -0.310 e. The molecule has 132 valence electrons. The number of H-pyrrole nitrogens is 1. The monoisotopic (exact) mass is 366 g/mol. The second kappa shape index (κ2) is 6.92. The molecule has 3 aromatic rings. The summed E-state index contributed by atoms with van der Waals surface area (Å²) in [4.78, 5) is 36.8. The van der Waals surface area contributed by atoms with Crippen molar-refractivity contribution < 1.29 is 4.79 Å². The summed E-state index contributed by atoms with van der Waals surface area (Å²) in [5.41, 5.74) is 2.09. The number of fused-ring (bicyclic) bond motifs is 2. The van der Waals surface area contributed by atoms with E-state index in [-0.39, 0.29) is 23.8 Å². The highest BCUT2D eigenvalue weighted by Crippen LogP contribution is 2.37. The fraction of sp³-hybridized carbons (Fsp3) is 0.263. The van der Waals surface area contributed by atoms with Crippen LogP contribution in [0.5, 0.6) is 0 Å². The molecule has 0 spiro atoms. The van der Waals surface area contributed by atoms with E-state index in [2.05, 4.69) is 27.2 Å². The van der Waals surface area contributed by atoms with E-state index in [4.69, 9.17) is 0 Å². The summed E-state index contributed by atoms with van der Waals surface area (Å²) in [6.45, 7) is 2.07. The van der Waals surface area contributed by atoms with Crippen LogP contribution in [-0.2, 0) is 4.79 Å². The summed E-state index contributed by atoms with van der Waals surface area (Å²) in [5, 5.41) is 4.25. The number of rotatable bonds is 4. The van der Waals surface area contributed by atoms with E-state index in [0.717, 1.165) is 28.6 Å². The molecular weight excluding hydrogens is 348 g/mol. The van der Waals surface area contributed by atoms with Crippen molar-refractivity contribution in [3.05, 3.63) is 58.0 Å². The molecule has 3 heterocycles. The molecule has 0 bridgehead atoms. The van der Waals surface area contributed by atoms with Crippen LogP contribution in [0.1, 0.15) is 36.8 Å². The molecule has 7 heteroatoms. The van der Waals surface area contributed by atoms with Crippen LogP contribution in [0, 0.1) is 0 Å². The third-order valence-electron chi connectivity index (χ3n) is 4.43. The molecule has 2 aromatic heterocycles. The molecule has 0 radical (unpaired) electrons. The maximum absolute atomic E-state index is 12.8. The number of anilines is 1. The molecule has 4 rings (SSSR count). The van der Waals surface area contributed by atoms with Gasteiger partial charge in [-0.15, -0.1) is 0 Å². The van der Waals surface area contributed by atoms with Crippen LogP contribution in [0.15, 0.2) is 46.5 Å². The van der Waals surface area contributed by atoms with Gasteiger partial charge in [-0.05, 0) is 24.1 Å². The van der Waals surface area contributed by atoms with E-state index in [0.29, 0.717) is 16.5 Å². The molecule has 0 fully saturated rings. The SMILES string of the molecule is CCCSc1nc2c(c(=O)[nH]1)C(c1ccnc3ccccc13)CC(=O)N2. The number of aromatic nitrogens is 3. The van der Waals surface area contributed by atoms with Gasteiger partial charge in [0.25, 0.3) is 5.56 Å². The van der Waals surface area contributed by atoms with Gasteiger partial charge in [0.05, 0.1) is 11.1 Å². The first-order valence-corrected chi connectivity index (χ1v) is 9.56. The lowest BCUT2D eigenvalue weighted by atomic mass is 9.85. The maximum Gasteiger partial charge on any atom is 0.257 e. The highest BCUT2D eigenvalue weighted by atomic mass is 32.2. The molecule has 1 unspecified atom stereocenters. The fourth-order valence-electron chi connectivity index (χ4n) is 3.31. The summed E-state index contributed by atoms with van der Waals surface area (Å²) in [6, 6.07) is 9.64. The Morgan fingerprint density at radius 1 is 1.23 bits per heavy atom. The van der Waals surface area contributed by atoms with E-state index in [1.165, 1.54) is 11.8 Å². The molecule has 1 aromatic carbocycles. The standard InChI is InChI=1S/C19H18N4O2S/c1-2-9-26-19-22-17-16(18(25)23-19)13(10-15(24)21-17)11-7-8-20-14-6-4-3-5-12(11)14/h3-8,13H,2,9-10H2,1H3,(H2,21,22,23,24,25). The summed E-state index contributed by atoms with van der Waals surface area (Å²) in [5.74, 6) is 0.754. The van der Waals surface area contributed by atoms with Crippen molar-refractivity contribution in [1.82, 2.24) is 15.0 Å². The number of para-hydroxylation sites is 1. The molecule has 0 saturated heterocycles. The molecule has 0 aliphatic carbocycles. The van der Waals surface area contributed by atoms with Crippen molar-refractivity contribution in [2.45, 2.75) is 30.8 Å². The van der Waals surface area contributed by atoms with Gasteiger partial charge in [0, 0.05) is 29.7 Å². The van der Waals surface area contributed by atoms with Crippen LogP contribution >= 0.6 is 11.8 Å². The Bertz CT molecular complexity index is 1040. The predicted molar refractivity (Wildman–Crippen MR) is 103 cm³/mol. The minimum absolute atomic E-state index is 0.132. The lowest BCUT2D eigenvalue weighted by Gasteiger charge is -2.25. The van der Waals surface area contributed by atoms with Gasteiger partial charge in [-0.1, -0.05) is 36.9 Å². The Morgan fingerprint density at radius 3 is 2.92 bits per heavy atom. The van der Waals surface area contributed by atoms with Crippen molar-refractivity contribution in [2.24, 2.45) is 0 Å². The van der Waals surface area contributed by atoms with Crippen LogP contribution in [0.2, 0.25) is 0 Å². The minimum atomic E-state index is -0.340. The normalized spacial score (nSPS) is 16.3. The predicted octanol–water partition coefficient (Wildman–Crippen LogP) is 3.29. The summed E-state index contributed by atoms with van der Waals surface area (Å²) >= 11 is 1.48. The van der Waals surface area contributed by atoms with Crippen LogP contribution in [0.3, 0.4) is 0 Å². The molecule has 1 aliphatic rings. The van der Waals surface area contributed by atoms with E-state index in [9.17, 15) is 9.59 Å². The highest BCUT2D eigenvalue weighted by Gasteiger charge is 2.31. The number of hydrogen-bond acceptors (Lipinski definition) is 5. The van der Waals surface area contributed by atoms with Gasteiger partial charge >= 0.3 is 0 Å². The Hall–Kier alpha value is -2.67. The van der Waals surface area contributed by atoms with Crippen molar-refractivity contribution in [2.75, 3.05) is 11.1 Å². The van der Waals surface area contributed by atoms with Crippen molar-refractivity contribution in [3.63, 3.8) is 0 Å². The molecular formula is C19H18N4O2S. The van der Waals surface area contributed by atoms with Gasteiger partial charge in [-0.3, -0.25) is 14.6 Å². The van der Waals surface area contributed by atoms with E-state index >= 15 is 0 Å². The second-order valence-electron chi connectivity index (χ2n) is 6.20. The first-order chi connectivity index (χ1) is 12.7. The Labute approximate surface area is 154 Å². The van der Waals surface area contributed by atoms with Crippen LogP contribution in [-0.4, -0.2) is 26.6 Å². The van der Waals surface area contributed by atoms with E-state index in [1.54, 1.807) is 6.20 Å². The quantitative estimate of drug-likeness (QED) is 0.546. The average Bonchev–Trinajstić information content (AvgIpc) is 2.65. The van der Waals surface area contributed by atoms with Crippen molar-refractivity contribution >= 4 is 34.4 Å². The third kappa shape index (κ3) is 2.99. The first-order valence-electron chi connectivity index (χ1n) is 8.58. The number of hydrogen-bond donors (Lipinski definition) is 2. The van der Waals surface area contributed by atoms with Crippen molar-refractivity contribution in [1.29, 1.82) is 0 Å². The number of amides is 1. The zero-order valence-corrected chi connectivity index (χ0v) is 15.1. The van der Waals surface area contributed by atoms with Crippen molar-refractivity contribution in [3.8, 4) is 0 Å². The number of carbonyl (C=O) groups excluding carboxylic acids is 1. The molecule has 1 atom stereocenters. The van der Waals surface area contributed by atoms with Gasteiger partial charge in [-0.2, -0.15) is 0 Å². The Morgan fingerprint density at radius 2 is 2.08 bits per heavy atom. The Balaban J connectivity index is 1.87. The molecule has 1 amide bonds. The maximum atomic E-state index is 12.8. The number of pyridine rings is 1.